The van der Waals surface area contributed by atoms with Crippen LogP contribution in [0.5, 0.6) is 0 Å². The van der Waals surface area contributed by atoms with Gasteiger partial charge >= 0.3 is 5.97 Å². The molecular formula is C13H22N4O3. The van der Waals surface area contributed by atoms with E-state index in [9.17, 15) is 9.59 Å². The second kappa shape index (κ2) is 9.06. The molecule has 0 aromatic carbocycles. The first kappa shape index (κ1) is 16.1. The molecular weight excluding hydrogens is 260 g/mol. The van der Waals surface area contributed by atoms with Crippen LogP contribution in [0.15, 0.2) is 6.20 Å². The number of aliphatic carboxylic acids is 1. The largest absolute Gasteiger partial charge is 0.480 e. The van der Waals surface area contributed by atoms with Gasteiger partial charge in [-0.2, -0.15) is 0 Å². The van der Waals surface area contributed by atoms with Crippen molar-refractivity contribution in [3.63, 3.8) is 0 Å². The number of carbonyl (C=O) groups is 2. The molecule has 0 radical (unpaired) electrons. The maximum Gasteiger partial charge on any atom is 0.325 e. The highest BCUT2D eigenvalue weighted by Gasteiger charge is 2.06. The molecule has 0 aliphatic heterocycles. The van der Waals surface area contributed by atoms with Crippen molar-refractivity contribution in [1.82, 2.24) is 20.3 Å². The Morgan fingerprint density at radius 1 is 1.30 bits per heavy atom. The minimum atomic E-state index is -0.974. The number of aromatic nitrogens is 3. The van der Waals surface area contributed by atoms with Crippen molar-refractivity contribution >= 4 is 11.9 Å². The van der Waals surface area contributed by atoms with Crippen molar-refractivity contribution in [1.29, 1.82) is 0 Å². The van der Waals surface area contributed by atoms with Crippen LogP contribution < -0.4 is 5.32 Å². The molecule has 7 nitrogen and oxygen atoms in total. The second-order valence-electron chi connectivity index (χ2n) is 4.74. The summed E-state index contributed by atoms with van der Waals surface area (Å²) in [5, 5.41) is 18.8. The first-order valence-corrected chi connectivity index (χ1v) is 6.99. The molecule has 1 amide bonds. The number of carboxylic acids is 1. The molecule has 0 unspecified atom stereocenters. The molecule has 0 atom stereocenters. The van der Waals surface area contributed by atoms with Gasteiger partial charge in [0.1, 0.15) is 12.2 Å². The van der Waals surface area contributed by atoms with Gasteiger partial charge in [0.25, 0.3) is 0 Å². The maximum atomic E-state index is 11.6. The van der Waals surface area contributed by atoms with Gasteiger partial charge in [0.15, 0.2) is 0 Å². The zero-order valence-corrected chi connectivity index (χ0v) is 11.8. The van der Waals surface area contributed by atoms with Gasteiger partial charge in [-0.25, -0.2) is 4.68 Å². The Kier molecular flexibility index (Phi) is 7.31. The maximum absolute atomic E-state index is 11.6. The number of carbonyl (C=O) groups excluding carboxylic acids is 1. The summed E-state index contributed by atoms with van der Waals surface area (Å²) in [7, 11) is 0. The molecule has 112 valence electrons. The Morgan fingerprint density at radius 3 is 2.75 bits per heavy atom. The number of carboxylic acid groups (broad SMARTS) is 1. The minimum absolute atomic E-state index is 0.00529. The summed E-state index contributed by atoms with van der Waals surface area (Å²) in [4.78, 5) is 22.1. The van der Waals surface area contributed by atoms with E-state index in [1.165, 1.54) is 30.1 Å². The molecule has 0 bridgehead atoms. The second-order valence-corrected chi connectivity index (χ2v) is 4.74. The van der Waals surface area contributed by atoms with Crippen molar-refractivity contribution in [2.45, 2.75) is 58.5 Å². The van der Waals surface area contributed by atoms with Crippen LogP contribution in [0, 0.1) is 0 Å². The lowest BCUT2D eigenvalue weighted by Gasteiger charge is -2.02. The summed E-state index contributed by atoms with van der Waals surface area (Å²) in [5.41, 5.74) is 0.561. The molecule has 0 aliphatic rings. The third-order valence-corrected chi connectivity index (χ3v) is 2.86. The van der Waals surface area contributed by atoms with Gasteiger partial charge < -0.3 is 10.4 Å². The molecule has 7 heteroatoms. The fourth-order valence-corrected chi connectivity index (χ4v) is 1.80. The van der Waals surface area contributed by atoms with Gasteiger partial charge in [0.2, 0.25) is 5.91 Å². The van der Waals surface area contributed by atoms with Crippen LogP contribution in [0.25, 0.3) is 0 Å². The summed E-state index contributed by atoms with van der Waals surface area (Å²) in [5.74, 6) is -0.980. The van der Waals surface area contributed by atoms with Crippen LogP contribution in [0.2, 0.25) is 0 Å². The van der Waals surface area contributed by atoms with Crippen LogP contribution in [-0.4, -0.2) is 32.0 Å². The van der Waals surface area contributed by atoms with Crippen LogP contribution in [-0.2, 0) is 22.7 Å². The molecule has 0 saturated heterocycles. The normalized spacial score (nSPS) is 10.4. The van der Waals surface area contributed by atoms with Crippen LogP contribution in [0.4, 0.5) is 0 Å². The predicted molar refractivity (Wildman–Crippen MR) is 72.9 cm³/mol. The van der Waals surface area contributed by atoms with E-state index in [4.69, 9.17) is 5.11 Å². The van der Waals surface area contributed by atoms with Gasteiger partial charge in [-0.3, -0.25) is 9.59 Å². The molecule has 1 heterocycles. The summed E-state index contributed by atoms with van der Waals surface area (Å²) >= 11 is 0. The molecule has 0 aliphatic carbocycles. The molecule has 0 spiro atoms. The Bertz CT molecular complexity index is 431. The quantitative estimate of drug-likeness (QED) is 0.631. The lowest BCUT2D eigenvalue weighted by molar-refractivity contribution is -0.138. The van der Waals surface area contributed by atoms with Crippen molar-refractivity contribution in [3.05, 3.63) is 11.9 Å². The lowest BCUT2D eigenvalue weighted by atomic mass is 10.1. The number of unbranched alkanes of at least 4 members (excludes halogenated alkanes) is 4. The Balaban J connectivity index is 2.17. The third kappa shape index (κ3) is 6.86. The molecule has 0 fully saturated rings. The highest BCUT2D eigenvalue weighted by molar-refractivity contribution is 5.75. The van der Waals surface area contributed by atoms with Crippen molar-refractivity contribution in [2.75, 3.05) is 0 Å². The highest BCUT2D eigenvalue weighted by Crippen LogP contribution is 2.04. The number of rotatable bonds is 10. The van der Waals surface area contributed by atoms with E-state index in [2.05, 4.69) is 22.6 Å². The number of nitrogens with one attached hydrogen (secondary N) is 1. The summed E-state index contributed by atoms with van der Waals surface area (Å²) in [6.45, 7) is 2.22. The molecule has 1 aromatic heterocycles. The number of nitrogens with zero attached hydrogens (tertiary/aromatic N) is 3. The van der Waals surface area contributed by atoms with Gasteiger partial charge in [0, 0.05) is 6.42 Å². The van der Waals surface area contributed by atoms with Crippen molar-refractivity contribution in [3.8, 4) is 0 Å². The van der Waals surface area contributed by atoms with Crippen LogP contribution in [0.3, 0.4) is 0 Å². The summed E-state index contributed by atoms with van der Waals surface area (Å²) in [6, 6.07) is 0. The van der Waals surface area contributed by atoms with E-state index in [0.29, 0.717) is 12.1 Å². The number of amides is 1. The average Bonchev–Trinajstić information content (AvgIpc) is 2.83. The Morgan fingerprint density at radius 2 is 2.05 bits per heavy atom. The molecule has 2 N–H and O–H groups in total. The van der Waals surface area contributed by atoms with Gasteiger partial charge in [-0.05, 0) is 6.42 Å². The van der Waals surface area contributed by atoms with E-state index >= 15 is 0 Å². The first-order valence-electron chi connectivity index (χ1n) is 6.99. The smallest absolute Gasteiger partial charge is 0.325 e. The van der Waals surface area contributed by atoms with Crippen molar-refractivity contribution in [2.24, 2.45) is 0 Å². The third-order valence-electron chi connectivity index (χ3n) is 2.86. The fraction of sp³-hybridized carbons (Fsp3) is 0.692. The summed E-state index contributed by atoms with van der Waals surface area (Å²) < 4.78 is 1.23. The topological polar surface area (TPSA) is 97.1 Å². The standard InChI is InChI=1S/C13H22N4O3/c1-2-3-4-5-6-7-12(18)14-8-11-9-17(16-15-11)10-13(19)20/h9H,2-8,10H2,1H3,(H,14,18)(H,19,20). The fourth-order valence-electron chi connectivity index (χ4n) is 1.80. The zero-order chi connectivity index (χ0) is 14.8. The monoisotopic (exact) mass is 282 g/mol. The van der Waals surface area contributed by atoms with Gasteiger partial charge in [-0.1, -0.05) is 37.8 Å². The molecule has 20 heavy (non-hydrogen) atoms. The zero-order valence-electron chi connectivity index (χ0n) is 11.8. The van der Waals surface area contributed by atoms with Gasteiger partial charge in [0.05, 0.1) is 12.7 Å². The van der Waals surface area contributed by atoms with E-state index in [1.807, 2.05) is 0 Å². The van der Waals surface area contributed by atoms with Crippen molar-refractivity contribution < 1.29 is 14.7 Å². The molecule has 1 rings (SSSR count). The van der Waals surface area contributed by atoms with E-state index < -0.39 is 5.97 Å². The van der Waals surface area contributed by atoms with E-state index in [0.717, 1.165) is 12.8 Å². The van der Waals surface area contributed by atoms with E-state index in [-0.39, 0.29) is 19.0 Å². The number of hydrogen-bond donors (Lipinski definition) is 2. The van der Waals surface area contributed by atoms with E-state index in [1.54, 1.807) is 0 Å². The minimum Gasteiger partial charge on any atom is -0.480 e. The lowest BCUT2D eigenvalue weighted by Crippen LogP contribution is -2.22. The SMILES string of the molecule is CCCCCCCC(=O)NCc1cn(CC(=O)O)nn1. The average molecular weight is 282 g/mol. The van der Waals surface area contributed by atoms with Crippen LogP contribution >= 0.6 is 0 Å². The summed E-state index contributed by atoms with van der Waals surface area (Å²) in [6.07, 6.45) is 7.61. The predicted octanol–water partition coefficient (Wildman–Crippen LogP) is 1.34. The number of hydrogen-bond acceptors (Lipinski definition) is 4. The molecule has 0 saturated carbocycles. The van der Waals surface area contributed by atoms with Gasteiger partial charge in [-0.15, -0.1) is 5.10 Å². The van der Waals surface area contributed by atoms with Crippen LogP contribution in [0.1, 0.15) is 51.1 Å². The first-order chi connectivity index (χ1) is 9.61. The Labute approximate surface area is 118 Å². The highest BCUT2D eigenvalue weighted by atomic mass is 16.4. The Hall–Kier alpha value is -1.92. The molecule has 1 aromatic rings.